The van der Waals surface area contributed by atoms with Crippen LogP contribution in [-0.4, -0.2) is 5.75 Å². The van der Waals surface area contributed by atoms with Crippen molar-refractivity contribution in [2.45, 2.75) is 16.9 Å². The zero-order chi connectivity index (χ0) is 11.7. The molecule has 1 aliphatic rings. The monoisotopic (exact) mass is 246 g/mol. The molecule has 17 heavy (non-hydrogen) atoms. The van der Waals surface area contributed by atoms with E-state index in [2.05, 4.69) is 29.7 Å². The Bertz CT molecular complexity index is 498. The van der Waals surface area contributed by atoms with Gasteiger partial charge in [-0.15, -0.1) is 11.8 Å². The van der Waals surface area contributed by atoms with E-state index in [1.807, 2.05) is 23.9 Å². The van der Waals surface area contributed by atoms with Gasteiger partial charge in [-0.2, -0.15) is 0 Å². The molecule has 2 aromatic rings. The summed E-state index contributed by atoms with van der Waals surface area (Å²) in [5, 5.41) is 0. The largest absolute Gasteiger partial charge is 0.468 e. The molecular formula is C13H14N2OS. The first-order valence-electron chi connectivity index (χ1n) is 5.61. The Balaban J connectivity index is 1.95. The maximum absolute atomic E-state index is 5.68. The molecule has 2 heterocycles. The van der Waals surface area contributed by atoms with Crippen molar-refractivity contribution in [3.63, 3.8) is 0 Å². The maximum atomic E-state index is 5.68. The van der Waals surface area contributed by atoms with E-state index in [0.29, 0.717) is 5.92 Å². The van der Waals surface area contributed by atoms with Crippen LogP contribution < -0.4 is 11.3 Å². The van der Waals surface area contributed by atoms with Gasteiger partial charge in [0.15, 0.2) is 0 Å². The van der Waals surface area contributed by atoms with E-state index in [4.69, 9.17) is 10.3 Å². The van der Waals surface area contributed by atoms with Crippen LogP contribution >= 0.6 is 11.8 Å². The molecule has 0 saturated heterocycles. The minimum absolute atomic E-state index is 0.0427. The standard InChI is InChI=1S/C13H14N2OS/c14-15-13(11-5-3-7-16-11)10-8-17-12-6-2-1-4-9(10)12/h1-7,10,13,15H,8,14H2. The summed E-state index contributed by atoms with van der Waals surface area (Å²) in [4.78, 5) is 1.35. The fourth-order valence-corrected chi connectivity index (χ4v) is 3.62. The molecule has 2 atom stereocenters. The number of nitrogens with one attached hydrogen (secondary N) is 1. The molecule has 88 valence electrons. The molecule has 0 radical (unpaired) electrons. The van der Waals surface area contributed by atoms with Gasteiger partial charge in [-0.1, -0.05) is 18.2 Å². The van der Waals surface area contributed by atoms with Gasteiger partial charge >= 0.3 is 0 Å². The number of furan rings is 1. The topological polar surface area (TPSA) is 51.2 Å². The Hall–Kier alpha value is -1.23. The van der Waals surface area contributed by atoms with Crippen LogP contribution in [-0.2, 0) is 0 Å². The Labute approximate surface area is 104 Å². The van der Waals surface area contributed by atoms with Crippen LogP contribution in [0.2, 0.25) is 0 Å². The fourth-order valence-electron chi connectivity index (χ4n) is 2.33. The summed E-state index contributed by atoms with van der Waals surface area (Å²) in [6, 6.07) is 12.4. The average Bonchev–Trinajstić information content (AvgIpc) is 3.01. The van der Waals surface area contributed by atoms with E-state index in [1.165, 1.54) is 10.5 Å². The van der Waals surface area contributed by atoms with E-state index < -0.39 is 0 Å². The van der Waals surface area contributed by atoms with Crippen molar-refractivity contribution >= 4 is 11.8 Å². The maximum Gasteiger partial charge on any atom is 0.122 e. The van der Waals surface area contributed by atoms with E-state index in [0.717, 1.165) is 11.5 Å². The van der Waals surface area contributed by atoms with Crippen molar-refractivity contribution in [1.82, 2.24) is 5.43 Å². The third-order valence-corrected chi connectivity index (χ3v) is 4.38. The molecular weight excluding hydrogens is 232 g/mol. The first kappa shape index (κ1) is 10.9. The molecule has 3 N–H and O–H groups in total. The molecule has 4 heteroatoms. The zero-order valence-corrected chi connectivity index (χ0v) is 10.1. The number of hydrogen-bond donors (Lipinski definition) is 2. The minimum Gasteiger partial charge on any atom is -0.468 e. The quantitative estimate of drug-likeness (QED) is 0.646. The predicted molar refractivity (Wildman–Crippen MR) is 68.7 cm³/mol. The molecule has 3 nitrogen and oxygen atoms in total. The zero-order valence-electron chi connectivity index (χ0n) is 9.30. The third kappa shape index (κ3) is 1.88. The summed E-state index contributed by atoms with van der Waals surface area (Å²) in [7, 11) is 0. The molecule has 0 amide bonds. The second-order valence-corrected chi connectivity index (χ2v) is 5.18. The number of benzene rings is 1. The van der Waals surface area contributed by atoms with Gasteiger partial charge in [0.25, 0.3) is 0 Å². The number of hydrazine groups is 1. The Kier molecular flexibility index (Phi) is 2.93. The second kappa shape index (κ2) is 4.56. The molecule has 3 rings (SSSR count). The number of fused-ring (bicyclic) bond motifs is 1. The van der Waals surface area contributed by atoms with Crippen LogP contribution in [0.4, 0.5) is 0 Å². The van der Waals surface area contributed by atoms with Gasteiger partial charge in [-0.3, -0.25) is 5.84 Å². The molecule has 0 fully saturated rings. The normalized spacial score (nSPS) is 20.2. The van der Waals surface area contributed by atoms with Crippen molar-refractivity contribution < 1.29 is 4.42 Å². The Morgan fingerprint density at radius 3 is 2.94 bits per heavy atom. The van der Waals surface area contributed by atoms with Gasteiger partial charge in [0.05, 0.1) is 12.3 Å². The number of rotatable bonds is 3. The number of nitrogens with two attached hydrogens (primary N) is 1. The van der Waals surface area contributed by atoms with Crippen molar-refractivity contribution in [2.75, 3.05) is 5.75 Å². The summed E-state index contributed by atoms with van der Waals surface area (Å²) < 4.78 is 5.46. The fraction of sp³-hybridized carbons (Fsp3) is 0.231. The molecule has 2 unspecified atom stereocenters. The molecule has 0 aliphatic carbocycles. The third-order valence-electron chi connectivity index (χ3n) is 3.17. The molecule has 1 aromatic heterocycles. The summed E-state index contributed by atoms with van der Waals surface area (Å²) in [5.74, 6) is 7.98. The van der Waals surface area contributed by atoms with Crippen LogP contribution in [0.1, 0.15) is 23.3 Å². The SMILES string of the molecule is NNC(c1ccco1)C1CSc2ccccc21. The van der Waals surface area contributed by atoms with Gasteiger partial charge < -0.3 is 4.42 Å². The number of thioether (sulfide) groups is 1. The van der Waals surface area contributed by atoms with Crippen LogP contribution in [0.25, 0.3) is 0 Å². The Morgan fingerprint density at radius 1 is 1.29 bits per heavy atom. The molecule has 1 aliphatic heterocycles. The first-order chi connectivity index (χ1) is 8.40. The smallest absolute Gasteiger partial charge is 0.122 e. The molecule has 1 aromatic carbocycles. The van der Waals surface area contributed by atoms with Gasteiger partial charge in [0.1, 0.15) is 5.76 Å². The van der Waals surface area contributed by atoms with E-state index in [9.17, 15) is 0 Å². The van der Waals surface area contributed by atoms with E-state index >= 15 is 0 Å². The highest BCUT2D eigenvalue weighted by Gasteiger charge is 2.31. The second-order valence-electron chi connectivity index (χ2n) is 4.12. The van der Waals surface area contributed by atoms with E-state index in [1.54, 1.807) is 6.26 Å². The first-order valence-corrected chi connectivity index (χ1v) is 6.60. The molecule has 0 bridgehead atoms. The Morgan fingerprint density at radius 2 is 2.18 bits per heavy atom. The lowest BCUT2D eigenvalue weighted by atomic mass is 9.92. The van der Waals surface area contributed by atoms with Crippen molar-refractivity contribution in [2.24, 2.45) is 5.84 Å². The summed E-state index contributed by atoms with van der Waals surface area (Å²) >= 11 is 1.88. The van der Waals surface area contributed by atoms with Crippen LogP contribution in [0.3, 0.4) is 0 Å². The van der Waals surface area contributed by atoms with Crippen LogP contribution in [0, 0.1) is 0 Å². The van der Waals surface area contributed by atoms with Gasteiger partial charge in [-0.05, 0) is 23.8 Å². The van der Waals surface area contributed by atoms with Gasteiger partial charge in [0, 0.05) is 16.6 Å². The highest BCUT2D eigenvalue weighted by Crippen LogP contribution is 2.45. The van der Waals surface area contributed by atoms with Crippen molar-refractivity contribution in [3.05, 3.63) is 54.0 Å². The van der Waals surface area contributed by atoms with Crippen LogP contribution in [0.5, 0.6) is 0 Å². The lowest BCUT2D eigenvalue weighted by Crippen LogP contribution is -2.32. The molecule has 0 saturated carbocycles. The summed E-state index contributed by atoms with van der Waals surface area (Å²) in [6.07, 6.45) is 1.69. The minimum atomic E-state index is 0.0427. The van der Waals surface area contributed by atoms with E-state index in [-0.39, 0.29) is 6.04 Å². The summed E-state index contributed by atoms with van der Waals surface area (Å²) in [6.45, 7) is 0. The van der Waals surface area contributed by atoms with Crippen molar-refractivity contribution in [3.8, 4) is 0 Å². The summed E-state index contributed by atoms with van der Waals surface area (Å²) in [5.41, 5.74) is 4.24. The lowest BCUT2D eigenvalue weighted by molar-refractivity contribution is 0.384. The molecule has 0 spiro atoms. The average molecular weight is 246 g/mol. The van der Waals surface area contributed by atoms with Crippen LogP contribution in [0.15, 0.2) is 52.0 Å². The predicted octanol–water partition coefficient (Wildman–Crippen LogP) is 2.67. The van der Waals surface area contributed by atoms with Gasteiger partial charge in [-0.25, -0.2) is 5.43 Å². The number of hydrogen-bond acceptors (Lipinski definition) is 4. The highest BCUT2D eigenvalue weighted by molar-refractivity contribution is 7.99. The van der Waals surface area contributed by atoms with Crippen molar-refractivity contribution in [1.29, 1.82) is 0 Å². The van der Waals surface area contributed by atoms with Gasteiger partial charge in [0.2, 0.25) is 0 Å². The highest BCUT2D eigenvalue weighted by atomic mass is 32.2. The lowest BCUT2D eigenvalue weighted by Gasteiger charge is -2.21.